The number of rotatable bonds is 8. The topological polar surface area (TPSA) is 81.3 Å². The molecule has 0 fully saturated rings. The Bertz CT molecular complexity index is 1810. The Labute approximate surface area is 253 Å². The van der Waals surface area contributed by atoms with Crippen molar-refractivity contribution in [2.24, 2.45) is 0 Å². The van der Waals surface area contributed by atoms with Crippen molar-refractivity contribution in [3.63, 3.8) is 0 Å². The molecule has 6 nitrogen and oxygen atoms in total. The Morgan fingerprint density at radius 2 is 1.37 bits per heavy atom. The standard InChI is InChI=1S/C37H40N2O4/c1-9-42-36(40)32-31(33(37(41)43-10-2)35(21(5)6)39-34(32)20(3)4)29-19-25-15-14-24(18-28(25)38-29)27-16-23(8)30-22(7)12-11-13-26(30)17-27/h11-21,38H,9-10H2,1-8H3. The van der Waals surface area contributed by atoms with Crippen LogP contribution in [0.15, 0.2) is 54.6 Å². The molecule has 0 bridgehead atoms. The Kier molecular flexibility index (Phi) is 8.41. The number of aromatic amines is 1. The van der Waals surface area contributed by atoms with Crippen molar-refractivity contribution in [3.05, 3.63) is 88.2 Å². The van der Waals surface area contributed by atoms with E-state index in [4.69, 9.17) is 14.5 Å². The van der Waals surface area contributed by atoms with Gasteiger partial charge in [0.1, 0.15) is 0 Å². The Balaban J connectivity index is 1.77. The number of esters is 2. The van der Waals surface area contributed by atoms with Gasteiger partial charge in [-0.1, -0.05) is 64.1 Å². The van der Waals surface area contributed by atoms with E-state index in [0.717, 1.165) is 22.0 Å². The molecule has 0 saturated heterocycles. The van der Waals surface area contributed by atoms with Gasteiger partial charge in [-0.15, -0.1) is 0 Å². The molecule has 0 aliphatic rings. The van der Waals surface area contributed by atoms with Crippen LogP contribution in [0.2, 0.25) is 0 Å². The van der Waals surface area contributed by atoms with E-state index in [1.807, 2.05) is 33.8 Å². The van der Waals surface area contributed by atoms with Crippen LogP contribution in [0.4, 0.5) is 0 Å². The molecule has 0 unspecified atom stereocenters. The molecule has 2 heterocycles. The van der Waals surface area contributed by atoms with Gasteiger partial charge in [-0.25, -0.2) is 9.59 Å². The first-order valence-corrected chi connectivity index (χ1v) is 15.1. The Hall–Kier alpha value is -4.45. The van der Waals surface area contributed by atoms with Gasteiger partial charge in [0, 0.05) is 22.2 Å². The zero-order valence-corrected chi connectivity index (χ0v) is 26.3. The molecule has 0 atom stereocenters. The van der Waals surface area contributed by atoms with E-state index in [2.05, 4.69) is 67.4 Å². The number of hydrogen-bond donors (Lipinski definition) is 1. The van der Waals surface area contributed by atoms with Crippen LogP contribution in [0.1, 0.15) is 96.6 Å². The second-order valence-electron chi connectivity index (χ2n) is 11.7. The number of ether oxygens (including phenoxy) is 2. The van der Waals surface area contributed by atoms with Crippen LogP contribution in [0.25, 0.3) is 44.1 Å². The summed E-state index contributed by atoms with van der Waals surface area (Å²) >= 11 is 0. The third-order valence-corrected chi connectivity index (χ3v) is 7.91. The van der Waals surface area contributed by atoms with E-state index in [1.54, 1.807) is 13.8 Å². The number of nitrogens with zero attached hydrogens (tertiary/aromatic N) is 1. The quantitative estimate of drug-likeness (QED) is 0.186. The summed E-state index contributed by atoms with van der Waals surface area (Å²) in [6.07, 6.45) is 0. The largest absolute Gasteiger partial charge is 0.462 e. The maximum Gasteiger partial charge on any atom is 0.340 e. The second kappa shape index (κ2) is 12.0. The van der Waals surface area contributed by atoms with Crippen molar-refractivity contribution in [2.75, 3.05) is 13.2 Å². The first-order valence-electron chi connectivity index (χ1n) is 15.1. The molecule has 1 N–H and O–H groups in total. The van der Waals surface area contributed by atoms with Gasteiger partial charge in [-0.05, 0) is 90.8 Å². The van der Waals surface area contributed by atoms with Crippen LogP contribution in [0.5, 0.6) is 0 Å². The van der Waals surface area contributed by atoms with Gasteiger partial charge in [-0.2, -0.15) is 0 Å². The van der Waals surface area contributed by atoms with E-state index in [-0.39, 0.29) is 25.0 Å². The van der Waals surface area contributed by atoms with Crippen molar-refractivity contribution >= 4 is 33.6 Å². The number of nitrogens with one attached hydrogen (secondary N) is 1. The molecule has 0 radical (unpaired) electrons. The molecular formula is C37H40N2O4. The summed E-state index contributed by atoms with van der Waals surface area (Å²) in [5.41, 5.74) is 8.53. The highest BCUT2D eigenvalue weighted by atomic mass is 16.5. The summed E-state index contributed by atoms with van der Waals surface area (Å²) in [6, 6.07) is 19.1. The average Bonchev–Trinajstić information content (AvgIpc) is 3.39. The predicted octanol–water partition coefficient (Wildman–Crippen LogP) is 9.27. The van der Waals surface area contributed by atoms with E-state index in [9.17, 15) is 9.59 Å². The molecule has 0 aliphatic heterocycles. The SMILES string of the molecule is CCOC(=O)c1c(C(C)C)nc(C(C)C)c(C(=O)OCC)c1-c1cc2ccc(-c3cc(C)c4c(C)cccc4c3)cc2[nH]1. The summed E-state index contributed by atoms with van der Waals surface area (Å²) < 4.78 is 11.1. The molecule has 0 saturated carbocycles. The Morgan fingerprint density at radius 3 is 1.95 bits per heavy atom. The maximum atomic E-state index is 13.6. The number of pyridine rings is 1. The lowest BCUT2D eigenvalue weighted by molar-refractivity contribution is 0.0523. The van der Waals surface area contributed by atoms with Gasteiger partial charge in [-0.3, -0.25) is 4.98 Å². The molecule has 0 aliphatic carbocycles. The lowest BCUT2D eigenvalue weighted by atomic mass is 9.89. The fraction of sp³-hybridized carbons (Fsp3) is 0.324. The molecule has 0 amide bonds. The van der Waals surface area contributed by atoms with Crippen molar-refractivity contribution in [1.29, 1.82) is 0 Å². The van der Waals surface area contributed by atoms with Crippen molar-refractivity contribution < 1.29 is 19.1 Å². The maximum absolute atomic E-state index is 13.6. The third kappa shape index (κ3) is 5.54. The first-order chi connectivity index (χ1) is 20.5. The fourth-order valence-corrected chi connectivity index (χ4v) is 6.02. The van der Waals surface area contributed by atoms with Crippen molar-refractivity contribution in [3.8, 4) is 22.4 Å². The normalized spacial score (nSPS) is 11.6. The molecule has 5 aromatic rings. The number of hydrogen-bond acceptors (Lipinski definition) is 5. The molecule has 6 heteroatoms. The Morgan fingerprint density at radius 1 is 0.744 bits per heavy atom. The van der Waals surface area contributed by atoms with Gasteiger partial charge < -0.3 is 14.5 Å². The van der Waals surface area contributed by atoms with E-state index in [1.165, 1.54) is 21.9 Å². The minimum atomic E-state index is -0.504. The van der Waals surface area contributed by atoms with Crippen LogP contribution in [0, 0.1) is 13.8 Å². The summed E-state index contributed by atoms with van der Waals surface area (Å²) in [4.78, 5) is 35.6. The lowest BCUT2D eigenvalue weighted by Gasteiger charge is -2.22. The average molecular weight is 577 g/mol. The van der Waals surface area contributed by atoms with E-state index in [0.29, 0.717) is 33.8 Å². The molecule has 5 rings (SSSR count). The number of carbonyl (C=O) groups is 2. The number of aryl methyl sites for hydroxylation is 2. The van der Waals surface area contributed by atoms with Crippen LogP contribution < -0.4 is 0 Å². The summed E-state index contributed by atoms with van der Waals surface area (Å²) in [5, 5.41) is 3.46. The zero-order valence-electron chi connectivity index (χ0n) is 26.3. The summed E-state index contributed by atoms with van der Waals surface area (Å²) in [6.45, 7) is 16.2. The number of fused-ring (bicyclic) bond motifs is 2. The van der Waals surface area contributed by atoms with Crippen LogP contribution in [-0.2, 0) is 9.47 Å². The number of benzene rings is 3. The molecular weight excluding hydrogens is 536 g/mol. The van der Waals surface area contributed by atoms with Crippen LogP contribution >= 0.6 is 0 Å². The van der Waals surface area contributed by atoms with Crippen LogP contribution in [-0.4, -0.2) is 35.1 Å². The fourth-order valence-electron chi connectivity index (χ4n) is 6.02. The van der Waals surface area contributed by atoms with E-state index >= 15 is 0 Å². The summed E-state index contributed by atoms with van der Waals surface area (Å²) in [5.74, 6) is -1.17. The number of carbonyl (C=O) groups excluding carboxylic acids is 2. The highest BCUT2D eigenvalue weighted by Crippen LogP contribution is 2.39. The first kappa shape index (κ1) is 30.0. The van der Waals surface area contributed by atoms with Gasteiger partial charge in [0.25, 0.3) is 0 Å². The number of H-pyrrole nitrogens is 1. The molecule has 43 heavy (non-hydrogen) atoms. The highest BCUT2D eigenvalue weighted by molar-refractivity contribution is 6.08. The molecule has 2 aromatic heterocycles. The minimum Gasteiger partial charge on any atom is -0.462 e. The summed E-state index contributed by atoms with van der Waals surface area (Å²) in [7, 11) is 0. The molecule has 222 valence electrons. The van der Waals surface area contributed by atoms with Crippen LogP contribution in [0.3, 0.4) is 0 Å². The number of aromatic nitrogens is 2. The highest BCUT2D eigenvalue weighted by Gasteiger charge is 2.32. The minimum absolute atomic E-state index is 0.0809. The smallest absolute Gasteiger partial charge is 0.340 e. The zero-order chi connectivity index (χ0) is 31.0. The molecule has 3 aromatic carbocycles. The van der Waals surface area contributed by atoms with Gasteiger partial charge in [0.05, 0.1) is 35.7 Å². The predicted molar refractivity (Wildman–Crippen MR) is 174 cm³/mol. The van der Waals surface area contributed by atoms with Gasteiger partial charge in [0.2, 0.25) is 0 Å². The van der Waals surface area contributed by atoms with Crippen molar-refractivity contribution in [2.45, 2.75) is 67.2 Å². The van der Waals surface area contributed by atoms with E-state index < -0.39 is 11.9 Å². The van der Waals surface area contributed by atoms with Gasteiger partial charge >= 0.3 is 11.9 Å². The third-order valence-electron chi connectivity index (χ3n) is 7.91. The molecule has 0 spiro atoms. The van der Waals surface area contributed by atoms with Crippen molar-refractivity contribution in [1.82, 2.24) is 9.97 Å². The van der Waals surface area contributed by atoms with Gasteiger partial charge in [0.15, 0.2) is 0 Å². The second-order valence-corrected chi connectivity index (χ2v) is 11.7. The monoisotopic (exact) mass is 576 g/mol. The lowest BCUT2D eigenvalue weighted by Crippen LogP contribution is -2.21.